The number of phenolic OH excluding ortho intramolecular Hbond substituents is 1. The Balaban J connectivity index is 1.42. The second-order valence-electron chi connectivity index (χ2n) is 10.4. The van der Waals surface area contributed by atoms with Gasteiger partial charge in [0.15, 0.2) is 6.29 Å². The van der Waals surface area contributed by atoms with Gasteiger partial charge < -0.3 is 24.2 Å². The van der Waals surface area contributed by atoms with E-state index in [1.165, 1.54) is 12.1 Å². The average molecular weight is 542 g/mol. The van der Waals surface area contributed by atoms with Crippen LogP contribution in [0, 0.1) is 5.92 Å². The molecule has 1 N–H and O–H groups in total. The summed E-state index contributed by atoms with van der Waals surface area (Å²) in [4.78, 5) is 2.37. The first-order valence-corrected chi connectivity index (χ1v) is 13.3. The van der Waals surface area contributed by atoms with E-state index in [0.29, 0.717) is 5.92 Å². The van der Waals surface area contributed by atoms with Gasteiger partial charge in [0.1, 0.15) is 11.5 Å². The predicted molar refractivity (Wildman–Crippen MR) is 143 cm³/mol. The predicted octanol–water partition coefficient (Wildman–Crippen LogP) is 6.99. The Morgan fingerprint density at radius 2 is 1.59 bits per heavy atom. The van der Waals surface area contributed by atoms with Crippen molar-refractivity contribution in [1.82, 2.24) is 0 Å². The van der Waals surface area contributed by atoms with Crippen molar-refractivity contribution in [2.75, 3.05) is 32.2 Å². The van der Waals surface area contributed by atoms with Crippen molar-refractivity contribution in [3.8, 4) is 11.5 Å². The number of alkyl halides is 3. The van der Waals surface area contributed by atoms with Gasteiger partial charge in [0.05, 0.1) is 0 Å². The third-order valence-corrected chi connectivity index (χ3v) is 8.11. The number of hydrogen-bond donors (Lipinski definition) is 1. The van der Waals surface area contributed by atoms with E-state index in [0.717, 1.165) is 66.7 Å². The molecule has 1 aliphatic heterocycles. The molecule has 2 unspecified atom stereocenters. The third-order valence-electron chi connectivity index (χ3n) is 8.11. The van der Waals surface area contributed by atoms with E-state index in [1.807, 2.05) is 12.1 Å². The van der Waals surface area contributed by atoms with Crippen LogP contribution in [0.15, 0.2) is 66.7 Å². The molecule has 0 saturated carbocycles. The highest BCUT2D eigenvalue weighted by atomic mass is 19.4. The summed E-state index contributed by atoms with van der Waals surface area (Å²) in [6, 6.07) is 20.3. The second kappa shape index (κ2) is 11.5. The van der Waals surface area contributed by atoms with Crippen LogP contribution in [0.25, 0.3) is 0 Å². The van der Waals surface area contributed by atoms with Crippen LogP contribution in [-0.4, -0.2) is 45.1 Å². The number of piperidine rings is 1. The van der Waals surface area contributed by atoms with E-state index in [2.05, 4.69) is 33.9 Å². The molecule has 0 aromatic heterocycles. The molecule has 3 aromatic rings. The van der Waals surface area contributed by atoms with Crippen molar-refractivity contribution < 1.29 is 32.5 Å². The van der Waals surface area contributed by atoms with E-state index in [9.17, 15) is 18.3 Å². The highest BCUT2D eigenvalue weighted by Crippen LogP contribution is 2.48. The Labute approximate surface area is 227 Å². The summed E-state index contributed by atoms with van der Waals surface area (Å²) in [7, 11) is 3.35. The van der Waals surface area contributed by atoms with Gasteiger partial charge in [-0.3, -0.25) is 0 Å². The number of phenols is 1. The Bertz CT molecular complexity index is 1250. The maximum atomic E-state index is 12.9. The molecule has 5 rings (SSSR count). The smallest absolute Gasteiger partial charge is 0.508 e. The molecule has 208 valence electrons. The van der Waals surface area contributed by atoms with Crippen LogP contribution in [-0.2, 0) is 15.9 Å². The molecule has 1 aliphatic carbocycles. The summed E-state index contributed by atoms with van der Waals surface area (Å²) in [5.74, 6) is 0.260. The van der Waals surface area contributed by atoms with Gasteiger partial charge in [0.25, 0.3) is 0 Å². The first kappa shape index (κ1) is 27.3. The maximum absolute atomic E-state index is 12.9. The minimum Gasteiger partial charge on any atom is -0.508 e. The molecule has 3 aromatic carbocycles. The van der Waals surface area contributed by atoms with E-state index in [1.54, 1.807) is 32.4 Å². The molecule has 2 atom stereocenters. The Morgan fingerprint density at radius 3 is 2.26 bits per heavy atom. The van der Waals surface area contributed by atoms with E-state index in [4.69, 9.17) is 9.47 Å². The number of rotatable bonds is 7. The van der Waals surface area contributed by atoms with Crippen molar-refractivity contribution in [2.45, 2.75) is 50.2 Å². The number of fused-ring (bicyclic) bond motifs is 1. The number of ether oxygens (including phenoxy) is 3. The number of methoxy groups -OCH3 is 2. The van der Waals surface area contributed by atoms with Gasteiger partial charge in [-0.05, 0) is 90.3 Å². The van der Waals surface area contributed by atoms with Crippen molar-refractivity contribution in [3.63, 3.8) is 0 Å². The lowest BCUT2D eigenvalue weighted by molar-refractivity contribution is -0.274. The van der Waals surface area contributed by atoms with Gasteiger partial charge in [0.2, 0.25) is 0 Å². The molecule has 8 heteroatoms. The topological polar surface area (TPSA) is 51.2 Å². The summed E-state index contributed by atoms with van der Waals surface area (Å²) in [5.41, 5.74) is 5.19. The molecule has 39 heavy (non-hydrogen) atoms. The quantitative estimate of drug-likeness (QED) is 0.327. The van der Waals surface area contributed by atoms with Crippen LogP contribution in [0.5, 0.6) is 11.5 Å². The molecular formula is C31H34F3NO4. The highest BCUT2D eigenvalue weighted by Gasteiger charge is 2.34. The summed E-state index contributed by atoms with van der Waals surface area (Å²) < 4.78 is 53.9. The molecule has 1 fully saturated rings. The number of aromatic hydroxyl groups is 1. The Morgan fingerprint density at radius 1 is 0.872 bits per heavy atom. The van der Waals surface area contributed by atoms with Gasteiger partial charge >= 0.3 is 6.36 Å². The van der Waals surface area contributed by atoms with Gasteiger partial charge in [-0.1, -0.05) is 30.3 Å². The maximum Gasteiger partial charge on any atom is 0.573 e. The van der Waals surface area contributed by atoms with Crippen LogP contribution >= 0.6 is 0 Å². The largest absolute Gasteiger partial charge is 0.573 e. The summed E-state index contributed by atoms with van der Waals surface area (Å²) in [5, 5.41) is 10.1. The monoisotopic (exact) mass is 541 g/mol. The Kier molecular flexibility index (Phi) is 8.05. The lowest BCUT2D eigenvalue weighted by Crippen LogP contribution is -2.39. The van der Waals surface area contributed by atoms with E-state index in [-0.39, 0.29) is 29.6 Å². The number of halogens is 3. The number of benzene rings is 3. The van der Waals surface area contributed by atoms with Crippen LogP contribution in [0.1, 0.15) is 53.4 Å². The zero-order valence-electron chi connectivity index (χ0n) is 22.2. The summed E-state index contributed by atoms with van der Waals surface area (Å²) in [6.07, 6.45) is -1.50. The lowest BCUT2D eigenvalue weighted by atomic mass is 9.69. The minimum absolute atomic E-state index is 0.0413. The lowest BCUT2D eigenvalue weighted by Gasteiger charge is -2.37. The molecule has 5 nitrogen and oxygen atoms in total. The van der Waals surface area contributed by atoms with Gasteiger partial charge in [-0.25, -0.2) is 0 Å². The molecule has 1 heterocycles. The SMILES string of the molecule is COC(OC)C1CCN(c2ccc(C3c4ccc(O)cc4CCC3c3cccc(OC(F)(F)F)c3)cc2)CC1. The number of hydrogen-bond acceptors (Lipinski definition) is 5. The molecular weight excluding hydrogens is 507 g/mol. The number of nitrogens with zero attached hydrogens (tertiary/aromatic N) is 1. The third kappa shape index (κ3) is 6.17. The molecule has 0 spiro atoms. The fraction of sp³-hybridized carbons (Fsp3) is 0.419. The van der Waals surface area contributed by atoms with Crippen molar-refractivity contribution in [1.29, 1.82) is 0 Å². The fourth-order valence-electron chi connectivity index (χ4n) is 6.32. The number of aryl methyl sites for hydroxylation is 1. The van der Waals surface area contributed by atoms with Gasteiger partial charge in [-0.2, -0.15) is 0 Å². The van der Waals surface area contributed by atoms with Crippen molar-refractivity contribution in [2.24, 2.45) is 5.92 Å². The van der Waals surface area contributed by atoms with Crippen LogP contribution < -0.4 is 9.64 Å². The zero-order valence-corrected chi connectivity index (χ0v) is 22.2. The average Bonchev–Trinajstić information content (AvgIpc) is 2.93. The fourth-order valence-corrected chi connectivity index (χ4v) is 6.32. The van der Waals surface area contributed by atoms with Crippen LogP contribution in [0.2, 0.25) is 0 Å². The zero-order chi connectivity index (χ0) is 27.6. The normalized spacial score (nSPS) is 20.2. The second-order valence-corrected chi connectivity index (χ2v) is 10.4. The molecule has 0 radical (unpaired) electrons. The van der Waals surface area contributed by atoms with Crippen LogP contribution in [0.4, 0.5) is 18.9 Å². The van der Waals surface area contributed by atoms with Crippen LogP contribution in [0.3, 0.4) is 0 Å². The van der Waals surface area contributed by atoms with Crippen molar-refractivity contribution in [3.05, 3.63) is 89.0 Å². The van der Waals surface area contributed by atoms with E-state index < -0.39 is 6.36 Å². The first-order chi connectivity index (χ1) is 18.8. The minimum atomic E-state index is -4.74. The summed E-state index contributed by atoms with van der Waals surface area (Å²) in [6.45, 7) is 1.82. The first-order valence-electron chi connectivity index (χ1n) is 13.3. The van der Waals surface area contributed by atoms with Crippen molar-refractivity contribution >= 4 is 5.69 Å². The molecule has 0 amide bonds. The number of anilines is 1. The molecule has 2 aliphatic rings. The summed E-state index contributed by atoms with van der Waals surface area (Å²) >= 11 is 0. The van der Waals surface area contributed by atoms with Gasteiger partial charge in [-0.15, -0.1) is 13.2 Å². The Hall–Kier alpha value is -3.23. The van der Waals surface area contributed by atoms with Gasteiger partial charge in [0, 0.05) is 44.8 Å². The van der Waals surface area contributed by atoms with E-state index >= 15 is 0 Å². The standard InChI is InChI=1S/C31H34F3NO4/c1-37-30(38-2)21-14-16-35(17-15-21)24-9-6-20(7-10-24)29-27(12-8-23-18-25(36)11-13-28(23)29)22-4-3-5-26(19-22)39-31(32,33)34/h3-7,9-11,13,18-19,21,27,29-30,36H,8,12,14-17H2,1-2H3. The molecule has 1 saturated heterocycles. The highest BCUT2D eigenvalue weighted by molar-refractivity contribution is 5.53. The molecule has 0 bridgehead atoms.